The Hall–Kier alpha value is -3.02. The van der Waals surface area contributed by atoms with Crippen LogP contribution < -0.4 is 20.3 Å². The molecule has 0 unspecified atom stereocenters. The SMILES string of the molecule is CCC(=O)NCCCN(C(=O)Nc1ccccc1OC)c1ccccc1. The molecule has 0 saturated heterocycles. The van der Waals surface area contributed by atoms with Crippen LogP contribution in [0.2, 0.25) is 0 Å². The molecule has 0 aliphatic carbocycles. The van der Waals surface area contributed by atoms with Crippen LogP contribution in [0.5, 0.6) is 5.75 Å². The number of hydrogen-bond donors (Lipinski definition) is 2. The van der Waals surface area contributed by atoms with Gasteiger partial charge in [-0.15, -0.1) is 0 Å². The van der Waals surface area contributed by atoms with E-state index < -0.39 is 0 Å². The molecule has 2 rings (SSSR count). The van der Waals surface area contributed by atoms with Gasteiger partial charge in [-0.1, -0.05) is 37.3 Å². The first-order valence-electron chi connectivity index (χ1n) is 8.69. The molecule has 0 aliphatic heterocycles. The predicted octanol–water partition coefficient (Wildman–Crippen LogP) is 3.65. The second kappa shape index (κ2) is 10.1. The summed E-state index contributed by atoms with van der Waals surface area (Å²) in [6.45, 7) is 2.82. The van der Waals surface area contributed by atoms with Crippen molar-refractivity contribution in [1.82, 2.24) is 5.32 Å². The number of carbonyl (C=O) groups excluding carboxylic acids is 2. The molecule has 6 heteroatoms. The maximum atomic E-state index is 12.8. The number of ether oxygens (including phenoxy) is 1. The van der Waals surface area contributed by atoms with E-state index in [1.54, 1.807) is 24.1 Å². The van der Waals surface area contributed by atoms with E-state index in [0.29, 0.717) is 37.4 Å². The van der Waals surface area contributed by atoms with Crippen LogP contribution in [-0.2, 0) is 4.79 Å². The number of urea groups is 1. The number of para-hydroxylation sites is 3. The summed E-state index contributed by atoms with van der Waals surface area (Å²) in [6.07, 6.45) is 1.11. The van der Waals surface area contributed by atoms with Crippen LogP contribution in [0.15, 0.2) is 54.6 Å². The number of rotatable bonds is 8. The maximum absolute atomic E-state index is 12.8. The number of nitrogens with one attached hydrogen (secondary N) is 2. The highest BCUT2D eigenvalue weighted by Gasteiger charge is 2.17. The smallest absolute Gasteiger partial charge is 0.326 e. The zero-order valence-corrected chi connectivity index (χ0v) is 15.2. The number of methoxy groups -OCH3 is 1. The van der Waals surface area contributed by atoms with E-state index in [0.717, 1.165) is 5.69 Å². The van der Waals surface area contributed by atoms with Crippen LogP contribution in [0, 0.1) is 0 Å². The van der Waals surface area contributed by atoms with Gasteiger partial charge in [-0.25, -0.2) is 4.79 Å². The molecule has 6 nitrogen and oxygen atoms in total. The zero-order chi connectivity index (χ0) is 18.8. The van der Waals surface area contributed by atoms with Gasteiger partial charge >= 0.3 is 6.03 Å². The molecule has 26 heavy (non-hydrogen) atoms. The molecule has 0 spiro atoms. The Balaban J connectivity index is 2.07. The summed E-state index contributed by atoms with van der Waals surface area (Å²) in [4.78, 5) is 25.8. The summed E-state index contributed by atoms with van der Waals surface area (Å²) in [5.74, 6) is 0.610. The standard InChI is InChI=1S/C20H25N3O3/c1-3-19(24)21-14-9-15-23(16-10-5-4-6-11-16)20(25)22-17-12-7-8-13-18(17)26-2/h4-8,10-13H,3,9,14-15H2,1-2H3,(H,21,24)(H,22,25). The van der Waals surface area contributed by atoms with Crippen molar-refractivity contribution in [2.24, 2.45) is 0 Å². The molecule has 0 aliphatic rings. The third-order valence-corrected chi connectivity index (χ3v) is 3.86. The van der Waals surface area contributed by atoms with E-state index in [-0.39, 0.29) is 11.9 Å². The number of benzene rings is 2. The Bertz CT molecular complexity index is 719. The summed E-state index contributed by atoms with van der Waals surface area (Å²) >= 11 is 0. The van der Waals surface area contributed by atoms with Gasteiger partial charge in [-0.2, -0.15) is 0 Å². The molecule has 0 aromatic heterocycles. The van der Waals surface area contributed by atoms with Crippen molar-refractivity contribution in [3.05, 3.63) is 54.6 Å². The minimum atomic E-state index is -0.248. The van der Waals surface area contributed by atoms with E-state index in [2.05, 4.69) is 10.6 Å². The Morgan fingerprint density at radius 2 is 1.73 bits per heavy atom. The molecule has 0 saturated carbocycles. The lowest BCUT2D eigenvalue weighted by Gasteiger charge is -2.24. The van der Waals surface area contributed by atoms with E-state index in [9.17, 15) is 9.59 Å². The first-order chi connectivity index (χ1) is 12.7. The number of nitrogens with zero attached hydrogens (tertiary/aromatic N) is 1. The van der Waals surface area contributed by atoms with Crippen molar-refractivity contribution >= 4 is 23.3 Å². The Morgan fingerprint density at radius 1 is 1.04 bits per heavy atom. The summed E-state index contributed by atoms with van der Waals surface area (Å²) < 4.78 is 5.29. The fraction of sp³-hybridized carbons (Fsp3) is 0.300. The van der Waals surface area contributed by atoms with Gasteiger partial charge in [0.15, 0.2) is 0 Å². The van der Waals surface area contributed by atoms with Crippen molar-refractivity contribution < 1.29 is 14.3 Å². The molecule has 0 heterocycles. The van der Waals surface area contributed by atoms with Gasteiger partial charge in [0.25, 0.3) is 0 Å². The first-order valence-corrected chi connectivity index (χ1v) is 8.69. The van der Waals surface area contributed by atoms with E-state index >= 15 is 0 Å². The van der Waals surface area contributed by atoms with E-state index in [1.807, 2.05) is 49.4 Å². The second-order valence-corrected chi connectivity index (χ2v) is 5.67. The number of anilines is 2. The van der Waals surface area contributed by atoms with Crippen LogP contribution in [0.25, 0.3) is 0 Å². The monoisotopic (exact) mass is 355 g/mol. The quantitative estimate of drug-likeness (QED) is 0.710. The van der Waals surface area contributed by atoms with Crippen LogP contribution in [0.1, 0.15) is 19.8 Å². The van der Waals surface area contributed by atoms with Gasteiger partial charge < -0.3 is 15.4 Å². The Labute approximate surface area is 154 Å². The van der Waals surface area contributed by atoms with Crippen LogP contribution >= 0.6 is 0 Å². The van der Waals surface area contributed by atoms with Gasteiger partial charge in [0, 0.05) is 25.2 Å². The van der Waals surface area contributed by atoms with Crippen molar-refractivity contribution in [3.8, 4) is 5.75 Å². The van der Waals surface area contributed by atoms with Crippen LogP contribution in [0.3, 0.4) is 0 Å². The fourth-order valence-corrected chi connectivity index (χ4v) is 2.48. The summed E-state index contributed by atoms with van der Waals surface area (Å²) in [5, 5.41) is 5.72. The fourth-order valence-electron chi connectivity index (χ4n) is 2.48. The van der Waals surface area contributed by atoms with Crippen molar-refractivity contribution in [1.29, 1.82) is 0 Å². The molecule has 138 valence electrons. The molecule has 2 N–H and O–H groups in total. The molecular formula is C20H25N3O3. The lowest BCUT2D eigenvalue weighted by atomic mass is 10.2. The Morgan fingerprint density at radius 3 is 2.42 bits per heavy atom. The molecule has 2 aromatic rings. The molecule has 0 radical (unpaired) electrons. The van der Waals surface area contributed by atoms with Crippen molar-refractivity contribution in [2.45, 2.75) is 19.8 Å². The summed E-state index contributed by atoms with van der Waals surface area (Å²) in [6, 6.07) is 16.5. The molecule has 0 atom stereocenters. The molecule has 0 bridgehead atoms. The number of amides is 3. The average molecular weight is 355 g/mol. The highest BCUT2D eigenvalue weighted by Crippen LogP contribution is 2.24. The first kappa shape index (κ1) is 19.3. The molecule has 3 amide bonds. The third kappa shape index (κ3) is 5.51. The Kier molecular flexibility index (Phi) is 7.49. The average Bonchev–Trinajstić information content (AvgIpc) is 2.68. The largest absolute Gasteiger partial charge is 0.495 e. The summed E-state index contributed by atoms with van der Waals surface area (Å²) in [7, 11) is 1.57. The minimum Gasteiger partial charge on any atom is -0.495 e. The third-order valence-electron chi connectivity index (χ3n) is 3.86. The summed E-state index contributed by atoms with van der Waals surface area (Å²) in [5.41, 5.74) is 1.40. The zero-order valence-electron chi connectivity index (χ0n) is 15.2. The molecule has 0 fully saturated rings. The highest BCUT2D eigenvalue weighted by molar-refractivity contribution is 6.02. The van der Waals surface area contributed by atoms with Crippen molar-refractivity contribution in [3.63, 3.8) is 0 Å². The highest BCUT2D eigenvalue weighted by atomic mass is 16.5. The van der Waals surface area contributed by atoms with Crippen LogP contribution in [-0.4, -0.2) is 32.1 Å². The van der Waals surface area contributed by atoms with E-state index in [4.69, 9.17) is 4.74 Å². The van der Waals surface area contributed by atoms with Gasteiger partial charge in [-0.05, 0) is 30.7 Å². The van der Waals surface area contributed by atoms with Crippen molar-refractivity contribution in [2.75, 3.05) is 30.4 Å². The topological polar surface area (TPSA) is 70.7 Å². The molecule has 2 aromatic carbocycles. The second-order valence-electron chi connectivity index (χ2n) is 5.67. The number of hydrogen-bond acceptors (Lipinski definition) is 3. The van der Waals surface area contributed by atoms with E-state index in [1.165, 1.54) is 0 Å². The normalized spacial score (nSPS) is 10.1. The number of carbonyl (C=O) groups is 2. The van der Waals surface area contributed by atoms with Gasteiger partial charge in [-0.3, -0.25) is 9.69 Å². The maximum Gasteiger partial charge on any atom is 0.326 e. The van der Waals surface area contributed by atoms with Gasteiger partial charge in [0.1, 0.15) is 5.75 Å². The van der Waals surface area contributed by atoms with Gasteiger partial charge in [0.2, 0.25) is 5.91 Å². The lowest BCUT2D eigenvalue weighted by Crippen LogP contribution is -2.37. The molecular weight excluding hydrogens is 330 g/mol. The predicted molar refractivity (Wildman–Crippen MR) is 104 cm³/mol. The van der Waals surface area contributed by atoms with Gasteiger partial charge in [0.05, 0.1) is 12.8 Å². The lowest BCUT2D eigenvalue weighted by molar-refractivity contribution is -0.120. The van der Waals surface area contributed by atoms with Crippen LogP contribution in [0.4, 0.5) is 16.2 Å². The minimum absolute atomic E-state index is 0.00901.